The molecule has 0 spiro atoms. The van der Waals surface area contributed by atoms with Gasteiger partial charge in [0.2, 0.25) is 0 Å². The van der Waals surface area contributed by atoms with Crippen molar-refractivity contribution in [2.24, 2.45) is 0 Å². The minimum absolute atomic E-state index is 0.483. The number of allylic oxidation sites excluding steroid dienone is 4. The Hall–Kier alpha value is -0.160. The highest BCUT2D eigenvalue weighted by molar-refractivity contribution is 7.58. The SMILES string of the molecule is CCP(C)C1(F)C=CC=CC1. The second-order valence-corrected chi connectivity index (χ2v) is 5.60. The van der Waals surface area contributed by atoms with Crippen molar-refractivity contribution in [1.29, 1.82) is 0 Å². The molecule has 0 aromatic carbocycles. The summed E-state index contributed by atoms with van der Waals surface area (Å²) < 4.78 is 13.9. The van der Waals surface area contributed by atoms with Gasteiger partial charge in [-0.1, -0.05) is 33.1 Å². The van der Waals surface area contributed by atoms with Gasteiger partial charge in [0.15, 0.2) is 5.41 Å². The topological polar surface area (TPSA) is 0 Å². The zero-order chi connectivity index (χ0) is 8.32. The number of alkyl halides is 1. The van der Waals surface area contributed by atoms with Gasteiger partial charge in [-0.2, -0.15) is 0 Å². The highest BCUT2D eigenvalue weighted by atomic mass is 31.1. The van der Waals surface area contributed by atoms with Crippen molar-refractivity contribution < 1.29 is 4.39 Å². The molecule has 0 aliphatic heterocycles. The summed E-state index contributed by atoms with van der Waals surface area (Å²) in [5.74, 6) is 0. The van der Waals surface area contributed by atoms with Crippen LogP contribution in [0.5, 0.6) is 0 Å². The van der Waals surface area contributed by atoms with Crippen molar-refractivity contribution in [3.63, 3.8) is 0 Å². The van der Waals surface area contributed by atoms with Gasteiger partial charge in [0.25, 0.3) is 0 Å². The van der Waals surface area contributed by atoms with Crippen LogP contribution in [0.1, 0.15) is 13.3 Å². The molecule has 0 fully saturated rings. The van der Waals surface area contributed by atoms with Gasteiger partial charge in [-0.15, -0.1) is 0 Å². The Labute approximate surface area is 68.9 Å². The molecule has 2 atom stereocenters. The molecule has 0 radical (unpaired) electrons. The van der Waals surface area contributed by atoms with E-state index < -0.39 is 13.3 Å². The molecule has 0 saturated carbocycles. The zero-order valence-corrected chi connectivity index (χ0v) is 7.94. The Kier molecular flexibility index (Phi) is 2.84. The summed E-state index contributed by atoms with van der Waals surface area (Å²) in [7, 11) is -0.483. The van der Waals surface area contributed by atoms with Crippen LogP contribution < -0.4 is 0 Å². The standard InChI is InChI=1S/C9H14FP/c1-3-11(2)9(10)7-5-4-6-8-9/h4-7H,3,8H2,1-2H3. The number of rotatable bonds is 2. The average molecular weight is 172 g/mol. The maximum absolute atomic E-state index is 13.9. The van der Waals surface area contributed by atoms with Gasteiger partial charge in [0, 0.05) is 6.42 Å². The molecule has 11 heavy (non-hydrogen) atoms. The van der Waals surface area contributed by atoms with E-state index in [1.54, 1.807) is 6.08 Å². The third-order valence-corrected chi connectivity index (χ3v) is 4.66. The first-order valence-corrected chi connectivity index (χ1v) is 5.91. The number of halogens is 1. The van der Waals surface area contributed by atoms with Crippen LogP contribution in [0.15, 0.2) is 24.3 Å². The molecule has 2 heteroatoms. The van der Waals surface area contributed by atoms with E-state index in [2.05, 4.69) is 6.92 Å². The van der Waals surface area contributed by atoms with Gasteiger partial charge in [-0.3, -0.25) is 0 Å². The maximum Gasteiger partial charge on any atom is 0.150 e. The largest absolute Gasteiger partial charge is 0.234 e. The van der Waals surface area contributed by atoms with Gasteiger partial charge >= 0.3 is 0 Å². The quantitative estimate of drug-likeness (QED) is 0.560. The highest BCUT2D eigenvalue weighted by Gasteiger charge is 2.31. The van der Waals surface area contributed by atoms with Crippen molar-refractivity contribution in [2.45, 2.75) is 18.8 Å². The predicted octanol–water partition coefficient (Wildman–Crippen LogP) is 3.30. The van der Waals surface area contributed by atoms with E-state index in [-0.39, 0.29) is 0 Å². The summed E-state index contributed by atoms with van der Waals surface area (Å²) in [5.41, 5.74) is 0. The van der Waals surface area contributed by atoms with Gasteiger partial charge in [-0.05, 0) is 18.9 Å². The van der Waals surface area contributed by atoms with Crippen LogP contribution in [-0.4, -0.2) is 18.2 Å². The minimum atomic E-state index is -1.02. The Morgan fingerprint density at radius 3 is 2.73 bits per heavy atom. The molecule has 0 nitrogen and oxygen atoms in total. The van der Waals surface area contributed by atoms with Crippen molar-refractivity contribution in [1.82, 2.24) is 0 Å². The van der Waals surface area contributed by atoms with Gasteiger partial charge in [-0.25, -0.2) is 4.39 Å². The van der Waals surface area contributed by atoms with Crippen LogP contribution in [0.3, 0.4) is 0 Å². The van der Waals surface area contributed by atoms with Crippen LogP contribution in [-0.2, 0) is 0 Å². The molecule has 0 aromatic rings. The Morgan fingerprint density at radius 1 is 1.55 bits per heavy atom. The van der Waals surface area contributed by atoms with E-state index in [9.17, 15) is 4.39 Å². The summed E-state index contributed by atoms with van der Waals surface area (Å²) in [4.78, 5) is 0. The van der Waals surface area contributed by atoms with Crippen molar-refractivity contribution >= 4 is 7.92 Å². The fourth-order valence-corrected chi connectivity index (χ4v) is 2.41. The molecule has 0 saturated heterocycles. The average Bonchev–Trinajstić information content (AvgIpc) is 2.04. The molecular weight excluding hydrogens is 158 g/mol. The molecule has 0 heterocycles. The van der Waals surface area contributed by atoms with E-state index in [1.165, 1.54) is 0 Å². The lowest BCUT2D eigenvalue weighted by Crippen LogP contribution is -2.18. The molecule has 62 valence electrons. The Balaban J connectivity index is 2.67. The van der Waals surface area contributed by atoms with Gasteiger partial charge in [0.05, 0.1) is 0 Å². The summed E-state index contributed by atoms with van der Waals surface area (Å²) in [6.45, 7) is 4.08. The molecule has 2 unspecified atom stereocenters. The molecular formula is C9H14FP. The van der Waals surface area contributed by atoms with Crippen LogP contribution >= 0.6 is 7.92 Å². The number of hydrogen-bond donors (Lipinski definition) is 0. The smallest absolute Gasteiger partial charge is 0.150 e. The Morgan fingerprint density at radius 2 is 2.27 bits per heavy atom. The highest BCUT2D eigenvalue weighted by Crippen LogP contribution is 2.51. The summed E-state index contributed by atoms with van der Waals surface area (Å²) in [6.07, 6.45) is 8.88. The van der Waals surface area contributed by atoms with E-state index in [0.29, 0.717) is 6.42 Å². The molecule has 0 bridgehead atoms. The molecule has 0 aromatic heterocycles. The first-order valence-electron chi connectivity index (χ1n) is 3.93. The first kappa shape index (κ1) is 8.93. The fraction of sp³-hybridized carbons (Fsp3) is 0.556. The second kappa shape index (κ2) is 3.49. The first-order chi connectivity index (χ1) is 5.19. The lowest BCUT2D eigenvalue weighted by Gasteiger charge is -2.28. The van der Waals surface area contributed by atoms with E-state index in [1.807, 2.05) is 24.9 Å². The minimum Gasteiger partial charge on any atom is -0.234 e. The van der Waals surface area contributed by atoms with E-state index in [0.717, 1.165) is 6.16 Å². The summed E-state index contributed by atoms with van der Waals surface area (Å²) in [6, 6.07) is 0. The van der Waals surface area contributed by atoms with E-state index in [4.69, 9.17) is 0 Å². The van der Waals surface area contributed by atoms with Crippen molar-refractivity contribution in [2.75, 3.05) is 12.8 Å². The molecule has 1 aliphatic rings. The van der Waals surface area contributed by atoms with Gasteiger partial charge < -0.3 is 0 Å². The van der Waals surface area contributed by atoms with Crippen LogP contribution in [0.4, 0.5) is 4.39 Å². The van der Waals surface area contributed by atoms with Crippen molar-refractivity contribution in [3.8, 4) is 0 Å². The van der Waals surface area contributed by atoms with Crippen molar-refractivity contribution in [3.05, 3.63) is 24.3 Å². The molecule has 0 N–H and O–H groups in total. The fourth-order valence-electron chi connectivity index (χ4n) is 1.13. The van der Waals surface area contributed by atoms with Crippen LogP contribution in [0.2, 0.25) is 0 Å². The zero-order valence-electron chi connectivity index (χ0n) is 7.05. The van der Waals surface area contributed by atoms with Gasteiger partial charge in [0.1, 0.15) is 0 Å². The van der Waals surface area contributed by atoms with E-state index >= 15 is 0 Å². The second-order valence-electron chi connectivity index (χ2n) is 2.82. The molecule has 0 amide bonds. The maximum atomic E-state index is 13.9. The molecule has 1 rings (SSSR count). The lowest BCUT2D eigenvalue weighted by molar-refractivity contribution is 0.349. The third-order valence-electron chi connectivity index (χ3n) is 2.11. The lowest BCUT2D eigenvalue weighted by atomic mass is 10.1. The normalized spacial score (nSPS) is 32.3. The number of hydrogen-bond acceptors (Lipinski definition) is 0. The summed E-state index contributed by atoms with van der Waals surface area (Å²) >= 11 is 0. The Bertz CT molecular complexity index is 186. The molecule has 1 aliphatic carbocycles. The van der Waals surface area contributed by atoms with Crippen LogP contribution in [0, 0.1) is 0 Å². The van der Waals surface area contributed by atoms with Crippen LogP contribution in [0.25, 0.3) is 0 Å². The third kappa shape index (κ3) is 1.90. The monoisotopic (exact) mass is 172 g/mol. The summed E-state index contributed by atoms with van der Waals surface area (Å²) in [5, 5.41) is -1.02. The predicted molar refractivity (Wildman–Crippen MR) is 50.1 cm³/mol.